The van der Waals surface area contributed by atoms with Crippen molar-refractivity contribution >= 4 is 5.91 Å². The molecule has 3 heterocycles. The molecule has 6 heteroatoms. The minimum Gasteiger partial charge on any atom is -0.370 e. The molecule has 0 saturated carbocycles. The summed E-state index contributed by atoms with van der Waals surface area (Å²) in [6.45, 7) is 7.71. The number of benzene rings is 1. The van der Waals surface area contributed by atoms with Gasteiger partial charge in [0.2, 0.25) is 0 Å². The Morgan fingerprint density at radius 2 is 2.07 bits per heavy atom. The van der Waals surface area contributed by atoms with Crippen LogP contribution in [0.2, 0.25) is 0 Å². The summed E-state index contributed by atoms with van der Waals surface area (Å²) in [5.41, 5.74) is 2.66. The molecule has 2 fully saturated rings. The summed E-state index contributed by atoms with van der Waals surface area (Å²) >= 11 is 0. The van der Waals surface area contributed by atoms with Crippen LogP contribution in [0.4, 0.5) is 0 Å². The van der Waals surface area contributed by atoms with Gasteiger partial charge in [-0.3, -0.25) is 14.4 Å². The van der Waals surface area contributed by atoms with Crippen LogP contribution in [0.3, 0.4) is 0 Å². The van der Waals surface area contributed by atoms with Crippen molar-refractivity contribution in [2.45, 2.75) is 45.0 Å². The summed E-state index contributed by atoms with van der Waals surface area (Å²) in [5, 5.41) is 4.39. The molecule has 144 valence electrons. The molecule has 0 aliphatic carbocycles. The van der Waals surface area contributed by atoms with Gasteiger partial charge in [0.05, 0.1) is 31.0 Å². The van der Waals surface area contributed by atoms with E-state index in [0.29, 0.717) is 24.7 Å². The van der Waals surface area contributed by atoms with Gasteiger partial charge in [-0.05, 0) is 32.9 Å². The van der Waals surface area contributed by atoms with E-state index in [1.807, 2.05) is 35.7 Å². The van der Waals surface area contributed by atoms with Crippen LogP contribution < -0.4 is 0 Å². The number of carbonyl (C=O) groups is 1. The number of rotatable bonds is 5. The van der Waals surface area contributed by atoms with Crippen molar-refractivity contribution in [2.24, 2.45) is 0 Å². The maximum atomic E-state index is 12.8. The molecule has 1 unspecified atom stereocenters. The lowest BCUT2D eigenvalue weighted by atomic mass is 9.88. The highest BCUT2D eigenvalue weighted by Crippen LogP contribution is 2.37. The maximum absolute atomic E-state index is 12.8. The SMILES string of the molecule is CCn1cc(C(=O)N2CC3(CC(N(C)Cc4ccccc4)CO3)C2)c(C)n1. The topological polar surface area (TPSA) is 50.6 Å². The van der Waals surface area contributed by atoms with E-state index >= 15 is 0 Å². The lowest BCUT2D eigenvalue weighted by Gasteiger charge is -2.47. The highest BCUT2D eigenvalue weighted by atomic mass is 16.5. The molecule has 2 aromatic rings. The molecule has 1 spiro atoms. The molecule has 1 aromatic heterocycles. The van der Waals surface area contributed by atoms with Crippen molar-refractivity contribution in [3.8, 4) is 0 Å². The minimum atomic E-state index is -0.167. The molecule has 0 bridgehead atoms. The van der Waals surface area contributed by atoms with Gasteiger partial charge in [-0.25, -0.2) is 0 Å². The Bertz CT molecular complexity index is 811. The van der Waals surface area contributed by atoms with Gasteiger partial charge in [-0.2, -0.15) is 5.10 Å². The summed E-state index contributed by atoms with van der Waals surface area (Å²) in [6.07, 6.45) is 2.84. The molecule has 2 aliphatic rings. The lowest BCUT2D eigenvalue weighted by Crippen LogP contribution is -2.63. The Morgan fingerprint density at radius 3 is 2.74 bits per heavy atom. The van der Waals surface area contributed by atoms with Crippen molar-refractivity contribution in [2.75, 3.05) is 26.7 Å². The smallest absolute Gasteiger partial charge is 0.257 e. The van der Waals surface area contributed by atoms with Crippen LogP contribution in [0.5, 0.6) is 0 Å². The predicted octanol–water partition coefficient (Wildman–Crippen LogP) is 2.33. The number of nitrogens with zero attached hydrogens (tertiary/aromatic N) is 4. The van der Waals surface area contributed by atoms with E-state index in [1.54, 1.807) is 0 Å². The first-order valence-electron chi connectivity index (χ1n) is 9.71. The number of carbonyl (C=O) groups excluding carboxylic acids is 1. The summed E-state index contributed by atoms with van der Waals surface area (Å²) in [6, 6.07) is 10.9. The van der Waals surface area contributed by atoms with Crippen LogP contribution in [-0.4, -0.2) is 63.9 Å². The quantitative estimate of drug-likeness (QED) is 0.813. The number of ether oxygens (including phenoxy) is 1. The van der Waals surface area contributed by atoms with E-state index in [2.05, 4.69) is 41.3 Å². The van der Waals surface area contributed by atoms with Crippen LogP contribution in [0.25, 0.3) is 0 Å². The zero-order valence-electron chi connectivity index (χ0n) is 16.4. The number of aryl methyl sites for hydroxylation is 2. The number of amides is 1. The number of hydrogen-bond acceptors (Lipinski definition) is 4. The fourth-order valence-electron chi connectivity index (χ4n) is 4.18. The zero-order valence-corrected chi connectivity index (χ0v) is 16.4. The molecule has 4 rings (SSSR count). The van der Waals surface area contributed by atoms with Gasteiger partial charge < -0.3 is 9.64 Å². The van der Waals surface area contributed by atoms with Gasteiger partial charge in [0, 0.05) is 25.3 Å². The summed E-state index contributed by atoms with van der Waals surface area (Å²) < 4.78 is 7.98. The summed E-state index contributed by atoms with van der Waals surface area (Å²) in [4.78, 5) is 17.0. The Hall–Kier alpha value is -2.18. The standard InChI is InChI=1S/C21H28N4O2/c1-4-25-12-19(16(2)22-25)20(26)24-14-21(15-24)10-18(13-27-21)23(3)11-17-8-6-5-7-9-17/h5-9,12,18H,4,10-11,13-15H2,1-3H3. The fraction of sp³-hybridized carbons (Fsp3) is 0.524. The zero-order chi connectivity index (χ0) is 19.0. The van der Waals surface area contributed by atoms with Crippen LogP contribution in [0.15, 0.2) is 36.5 Å². The van der Waals surface area contributed by atoms with Crippen LogP contribution >= 0.6 is 0 Å². The largest absolute Gasteiger partial charge is 0.370 e. The van der Waals surface area contributed by atoms with Gasteiger partial charge in [-0.15, -0.1) is 0 Å². The highest BCUT2D eigenvalue weighted by Gasteiger charge is 2.52. The van der Waals surface area contributed by atoms with Gasteiger partial charge in [0.1, 0.15) is 5.60 Å². The Balaban J connectivity index is 1.33. The molecule has 27 heavy (non-hydrogen) atoms. The minimum absolute atomic E-state index is 0.0718. The second-order valence-electron chi connectivity index (χ2n) is 7.90. The van der Waals surface area contributed by atoms with Gasteiger partial charge >= 0.3 is 0 Å². The van der Waals surface area contributed by atoms with Crippen molar-refractivity contribution in [1.82, 2.24) is 19.6 Å². The molecule has 1 amide bonds. The lowest BCUT2D eigenvalue weighted by molar-refractivity contribution is -0.0950. The van der Waals surface area contributed by atoms with E-state index in [-0.39, 0.29) is 11.5 Å². The van der Waals surface area contributed by atoms with E-state index in [9.17, 15) is 4.79 Å². The average molecular weight is 368 g/mol. The second-order valence-corrected chi connectivity index (χ2v) is 7.90. The molecule has 2 aliphatic heterocycles. The molecule has 0 N–H and O–H groups in total. The third kappa shape index (κ3) is 3.51. The maximum Gasteiger partial charge on any atom is 0.257 e. The van der Waals surface area contributed by atoms with Gasteiger partial charge in [-0.1, -0.05) is 30.3 Å². The molecule has 6 nitrogen and oxygen atoms in total. The predicted molar refractivity (Wildman–Crippen MR) is 104 cm³/mol. The molecule has 2 saturated heterocycles. The van der Waals surface area contributed by atoms with Crippen molar-refractivity contribution < 1.29 is 9.53 Å². The van der Waals surface area contributed by atoms with E-state index in [1.165, 1.54) is 5.56 Å². The van der Waals surface area contributed by atoms with Crippen molar-refractivity contribution in [3.05, 3.63) is 53.3 Å². The van der Waals surface area contributed by atoms with Crippen LogP contribution in [0, 0.1) is 6.92 Å². The number of likely N-dealkylation sites (tertiary alicyclic amines) is 1. The Labute approximate surface area is 160 Å². The first kappa shape index (κ1) is 18.2. The van der Waals surface area contributed by atoms with Crippen LogP contribution in [0.1, 0.15) is 35.0 Å². The van der Waals surface area contributed by atoms with Crippen molar-refractivity contribution in [1.29, 1.82) is 0 Å². The van der Waals surface area contributed by atoms with Gasteiger partial charge in [0.25, 0.3) is 5.91 Å². The number of aromatic nitrogens is 2. The number of hydrogen-bond donors (Lipinski definition) is 0. The number of likely N-dealkylation sites (N-methyl/N-ethyl adjacent to an activating group) is 1. The third-order valence-electron chi connectivity index (χ3n) is 5.83. The van der Waals surface area contributed by atoms with E-state index < -0.39 is 0 Å². The Morgan fingerprint density at radius 1 is 1.33 bits per heavy atom. The molecular weight excluding hydrogens is 340 g/mol. The normalized spacial score (nSPS) is 21.0. The third-order valence-corrected chi connectivity index (χ3v) is 5.83. The molecular formula is C21H28N4O2. The summed E-state index contributed by atoms with van der Waals surface area (Å²) in [5.74, 6) is 0.0718. The van der Waals surface area contributed by atoms with Gasteiger partial charge in [0.15, 0.2) is 0 Å². The summed E-state index contributed by atoms with van der Waals surface area (Å²) in [7, 11) is 2.16. The van der Waals surface area contributed by atoms with E-state index in [4.69, 9.17) is 4.74 Å². The van der Waals surface area contributed by atoms with Crippen molar-refractivity contribution in [3.63, 3.8) is 0 Å². The monoisotopic (exact) mass is 368 g/mol. The molecule has 1 atom stereocenters. The highest BCUT2D eigenvalue weighted by molar-refractivity contribution is 5.95. The Kier molecular flexibility index (Phi) is 4.78. The second kappa shape index (κ2) is 7.09. The van der Waals surface area contributed by atoms with Crippen LogP contribution in [-0.2, 0) is 17.8 Å². The first-order chi connectivity index (χ1) is 13.0. The molecule has 0 radical (unpaired) electrons. The average Bonchev–Trinajstić information content (AvgIpc) is 3.25. The molecule has 1 aromatic carbocycles. The first-order valence-corrected chi connectivity index (χ1v) is 9.71. The fourth-order valence-corrected chi connectivity index (χ4v) is 4.18. The van der Waals surface area contributed by atoms with E-state index in [0.717, 1.165) is 31.8 Å².